The molecule has 1 nitrogen and oxygen atoms in total. The Balaban J connectivity index is 1.48. The molecule has 4 heteroatoms. The molecule has 2 fully saturated rings. The van der Waals surface area contributed by atoms with Gasteiger partial charge in [-0.05, 0) is 62.0 Å². The van der Waals surface area contributed by atoms with E-state index in [2.05, 4.69) is 6.92 Å². The van der Waals surface area contributed by atoms with E-state index in [4.69, 9.17) is 4.74 Å². The minimum absolute atomic E-state index is 0.0381. The summed E-state index contributed by atoms with van der Waals surface area (Å²) in [6, 6.07) is 7.91. The van der Waals surface area contributed by atoms with Crippen molar-refractivity contribution in [3.05, 3.63) is 29.3 Å². The summed E-state index contributed by atoms with van der Waals surface area (Å²) >= 11 is 0. The molecule has 157 valence electrons. The first-order valence-electron chi connectivity index (χ1n) is 11.6. The molecule has 1 aromatic rings. The van der Waals surface area contributed by atoms with Gasteiger partial charge in [0.1, 0.15) is 0 Å². The normalized spacial score (nSPS) is 24.4. The summed E-state index contributed by atoms with van der Waals surface area (Å²) in [5, 5.41) is 0. The van der Waals surface area contributed by atoms with Crippen molar-refractivity contribution in [1.82, 2.24) is 0 Å². The Morgan fingerprint density at radius 3 is 2.21 bits per heavy atom. The fourth-order valence-corrected chi connectivity index (χ4v) is 8.48. The van der Waals surface area contributed by atoms with E-state index in [0.29, 0.717) is 12.2 Å². The van der Waals surface area contributed by atoms with Crippen LogP contribution < -0.4 is 4.74 Å². The molecule has 1 heterocycles. The molecule has 1 aromatic carbocycles. The molecule has 1 radical (unpaired) electrons. The summed E-state index contributed by atoms with van der Waals surface area (Å²) in [5.74, 6) is 0.404. The van der Waals surface area contributed by atoms with Gasteiger partial charge in [-0.25, -0.2) is 4.39 Å². The molecule has 0 bridgehead atoms. The highest BCUT2D eigenvalue weighted by atomic mass is 28.3. The first-order chi connectivity index (χ1) is 13.6. The lowest BCUT2D eigenvalue weighted by atomic mass is 9.72. The SMILES string of the molecule is CCCCC[Si]1CCC(C2CCC(c3ccc(OCC)c(F)c3F)CC2)CC1. The maximum atomic E-state index is 14.5. The number of hydrogen-bond donors (Lipinski definition) is 0. The van der Waals surface area contributed by atoms with Crippen molar-refractivity contribution in [3.8, 4) is 5.75 Å². The summed E-state index contributed by atoms with van der Waals surface area (Å²) in [6.45, 7) is 4.43. The van der Waals surface area contributed by atoms with Gasteiger partial charge in [0, 0.05) is 8.80 Å². The van der Waals surface area contributed by atoms with Gasteiger partial charge in [0.2, 0.25) is 5.82 Å². The van der Waals surface area contributed by atoms with Crippen LogP contribution in [0.5, 0.6) is 5.75 Å². The molecule has 0 atom stereocenters. The monoisotopic (exact) mass is 407 g/mol. The van der Waals surface area contributed by atoms with Gasteiger partial charge in [-0.1, -0.05) is 63.2 Å². The molecule has 1 aliphatic heterocycles. The van der Waals surface area contributed by atoms with E-state index < -0.39 is 11.6 Å². The number of benzene rings is 1. The number of hydrogen-bond acceptors (Lipinski definition) is 1. The quantitative estimate of drug-likeness (QED) is 0.316. The number of ether oxygens (including phenoxy) is 1. The van der Waals surface area contributed by atoms with Gasteiger partial charge in [0.05, 0.1) is 6.61 Å². The zero-order valence-electron chi connectivity index (χ0n) is 17.7. The van der Waals surface area contributed by atoms with Gasteiger partial charge in [0.15, 0.2) is 11.6 Å². The zero-order chi connectivity index (χ0) is 19.9. The van der Waals surface area contributed by atoms with Crippen LogP contribution in [-0.2, 0) is 0 Å². The molecule has 28 heavy (non-hydrogen) atoms. The Kier molecular flexibility index (Phi) is 8.37. The predicted octanol–water partition coefficient (Wildman–Crippen LogP) is 7.73. The lowest BCUT2D eigenvalue weighted by molar-refractivity contribution is 0.214. The summed E-state index contributed by atoms with van der Waals surface area (Å²) in [4.78, 5) is 0. The molecule has 0 aromatic heterocycles. The highest BCUT2D eigenvalue weighted by molar-refractivity contribution is 6.58. The summed E-state index contributed by atoms with van der Waals surface area (Å²) in [5.41, 5.74) is 0.560. The molecular formula is C24H37F2OSi. The van der Waals surface area contributed by atoms with E-state index in [-0.39, 0.29) is 20.5 Å². The van der Waals surface area contributed by atoms with Crippen molar-refractivity contribution >= 4 is 8.80 Å². The second-order valence-corrected chi connectivity index (χ2v) is 11.9. The van der Waals surface area contributed by atoms with Gasteiger partial charge in [-0.2, -0.15) is 4.39 Å². The topological polar surface area (TPSA) is 9.23 Å². The molecule has 1 saturated heterocycles. The van der Waals surface area contributed by atoms with E-state index in [1.54, 1.807) is 19.1 Å². The second-order valence-electron chi connectivity index (χ2n) is 8.87. The van der Waals surface area contributed by atoms with Crippen LogP contribution in [0.4, 0.5) is 8.78 Å². The Morgan fingerprint density at radius 2 is 1.57 bits per heavy atom. The van der Waals surface area contributed by atoms with E-state index in [0.717, 1.165) is 24.7 Å². The van der Waals surface area contributed by atoms with E-state index in [9.17, 15) is 8.78 Å². The average molecular weight is 408 g/mol. The maximum absolute atomic E-state index is 14.5. The van der Waals surface area contributed by atoms with E-state index >= 15 is 0 Å². The Morgan fingerprint density at radius 1 is 0.893 bits per heavy atom. The van der Waals surface area contributed by atoms with Crippen LogP contribution in [-0.4, -0.2) is 15.4 Å². The number of rotatable bonds is 8. The Bertz CT molecular complexity index is 605. The summed E-state index contributed by atoms with van der Waals surface area (Å²) in [7, 11) is -0.0661. The second kappa shape index (κ2) is 10.8. The van der Waals surface area contributed by atoms with E-state index in [1.807, 2.05) is 0 Å². The fraction of sp³-hybridized carbons (Fsp3) is 0.750. The van der Waals surface area contributed by atoms with Crippen LogP contribution in [0, 0.1) is 23.5 Å². The Labute approximate surface area is 171 Å². The van der Waals surface area contributed by atoms with E-state index in [1.165, 1.54) is 63.1 Å². The molecule has 0 unspecified atom stereocenters. The molecule has 1 saturated carbocycles. The van der Waals surface area contributed by atoms with Crippen molar-refractivity contribution in [2.45, 2.75) is 95.7 Å². The van der Waals surface area contributed by atoms with Crippen LogP contribution in [0.1, 0.15) is 83.1 Å². The molecular weight excluding hydrogens is 370 g/mol. The van der Waals surface area contributed by atoms with Gasteiger partial charge in [-0.15, -0.1) is 0 Å². The summed E-state index contributed by atoms with van der Waals surface area (Å²) < 4.78 is 33.9. The molecule has 3 rings (SSSR count). The highest BCUT2D eigenvalue weighted by Crippen LogP contribution is 2.44. The first-order valence-corrected chi connectivity index (χ1v) is 13.7. The van der Waals surface area contributed by atoms with Gasteiger partial charge in [0.25, 0.3) is 0 Å². The van der Waals surface area contributed by atoms with Crippen LogP contribution in [0.15, 0.2) is 12.1 Å². The van der Waals surface area contributed by atoms with Gasteiger partial charge < -0.3 is 4.74 Å². The Hall–Kier alpha value is -0.903. The molecule has 2 aliphatic rings. The lowest BCUT2D eigenvalue weighted by Crippen LogP contribution is -2.28. The third-order valence-corrected chi connectivity index (χ3v) is 10.2. The van der Waals surface area contributed by atoms with Gasteiger partial charge >= 0.3 is 0 Å². The third kappa shape index (κ3) is 5.37. The fourth-order valence-electron chi connectivity index (χ4n) is 5.43. The van der Waals surface area contributed by atoms with Crippen molar-refractivity contribution in [2.24, 2.45) is 11.8 Å². The largest absolute Gasteiger partial charge is 0.491 e. The molecule has 0 N–H and O–H groups in total. The maximum Gasteiger partial charge on any atom is 0.200 e. The third-order valence-electron chi connectivity index (χ3n) is 7.13. The average Bonchev–Trinajstić information content (AvgIpc) is 2.73. The number of halogens is 2. The molecule has 1 aliphatic carbocycles. The highest BCUT2D eigenvalue weighted by Gasteiger charge is 2.32. The first kappa shape index (κ1) is 21.8. The molecule has 0 amide bonds. The van der Waals surface area contributed by atoms with Crippen LogP contribution >= 0.6 is 0 Å². The van der Waals surface area contributed by atoms with Gasteiger partial charge in [-0.3, -0.25) is 0 Å². The number of unbranched alkanes of at least 4 members (excludes halogenated alkanes) is 2. The zero-order valence-corrected chi connectivity index (χ0v) is 18.7. The minimum Gasteiger partial charge on any atom is -0.491 e. The van der Waals surface area contributed by atoms with Crippen LogP contribution in [0.3, 0.4) is 0 Å². The van der Waals surface area contributed by atoms with Crippen molar-refractivity contribution < 1.29 is 13.5 Å². The summed E-state index contributed by atoms with van der Waals surface area (Å²) in [6.07, 6.45) is 11.4. The predicted molar refractivity (Wildman–Crippen MR) is 115 cm³/mol. The standard InChI is InChI=1S/C24H37F2OSi/c1-3-5-6-15-28-16-13-19(14-17-28)18-7-9-20(10-8-18)21-11-12-22(27-4-2)24(26)23(21)25/h11-12,18-20H,3-10,13-17H2,1-2H3. The molecule has 0 spiro atoms. The van der Waals surface area contributed by atoms with Crippen molar-refractivity contribution in [2.75, 3.05) is 6.61 Å². The van der Waals surface area contributed by atoms with Crippen LogP contribution in [0.2, 0.25) is 18.1 Å². The lowest BCUT2D eigenvalue weighted by Gasteiger charge is -2.37. The van der Waals surface area contributed by atoms with Crippen LogP contribution in [0.25, 0.3) is 0 Å². The smallest absolute Gasteiger partial charge is 0.200 e. The minimum atomic E-state index is -0.813. The van der Waals surface area contributed by atoms with Crippen molar-refractivity contribution in [3.63, 3.8) is 0 Å². The van der Waals surface area contributed by atoms with Crippen molar-refractivity contribution in [1.29, 1.82) is 0 Å².